The maximum Gasteiger partial charge on any atom is 0.270 e. The van der Waals surface area contributed by atoms with Crippen molar-refractivity contribution in [2.24, 2.45) is 4.99 Å². The third-order valence-corrected chi connectivity index (χ3v) is 7.94. The first kappa shape index (κ1) is 18.5. The Labute approximate surface area is 170 Å². The van der Waals surface area contributed by atoms with Crippen molar-refractivity contribution in [3.63, 3.8) is 0 Å². The van der Waals surface area contributed by atoms with E-state index >= 15 is 0 Å². The molecule has 0 radical (unpaired) electrons. The average Bonchev–Trinajstić information content (AvgIpc) is 3.10. The second-order valence-electron chi connectivity index (χ2n) is 7.86. The van der Waals surface area contributed by atoms with Crippen LogP contribution in [0, 0.1) is 0 Å². The molecule has 5 rings (SSSR count). The van der Waals surface area contributed by atoms with Gasteiger partial charge in [0, 0.05) is 25.2 Å². The van der Waals surface area contributed by atoms with E-state index in [0.717, 1.165) is 31.4 Å². The second kappa shape index (κ2) is 7.07. The molecule has 0 unspecified atom stereocenters. The minimum Gasteiger partial charge on any atom is -0.344 e. The molecule has 1 amide bonds. The van der Waals surface area contributed by atoms with Gasteiger partial charge in [-0.25, -0.2) is 8.42 Å². The zero-order valence-corrected chi connectivity index (χ0v) is 16.9. The van der Waals surface area contributed by atoms with Gasteiger partial charge in [-0.05, 0) is 48.9 Å². The van der Waals surface area contributed by atoms with Crippen LogP contribution in [0.4, 0.5) is 0 Å². The van der Waals surface area contributed by atoms with Crippen LogP contribution in [0.25, 0.3) is 0 Å². The molecule has 0 saturated carbocycles. The van der Waals surface area contributed by atoms with Crippen LogP contribution in [0.15, 0.2) is 58.4 Å². The minimum atomic E-state index is -3.62. The second-order valence-corrected chi connectivity index (χ2v) is 9.80. The van der Waals surface area contributed by atoms with Crippen molar-refractivity contribution in [2.75, 3.05) is 13.1 Å². The number of piperidine rings is 1. The molecule has 7 heteroatoms. The van der Waals surface area contributed by atoms with E-state index in [1.165, 1.54) is 5.56 Å². The number of carbonyl (C=O) groups excluding carboxylic acids is 1. The number of nitrogens with zero attached hydrogens (tertiary/aromatic N) is 3. The van der Waals surface area contributed by atoms with Gasteiger partial charge in [-0.15, -0.1) is 0 Å². The van der Waals surface area contributed by atoms with E-state index in [2.05, 4.69) is 11.1 Å². The van der Waals surface area contributed by atoms with E-state index in [9.17, 15) is 13.2 Å². The van der Waals surface area contributed by atoms with Crippen molar-refractivity contribution in [1.29, 1.82) is 0 Å². The standard InChI is InChI=1S/C22H23N3O3S/c26-22-20-10-3-4-12-25(20)21(23-22)17-8-5-9-19(14-17)29(27,28)24-13-11-16-6-1-2-7-18(16)15-24/h1-2,5-9,14,20H,3-4,10-13,15H2/t20-/m1/s1. The molecule has 29 heavy (non-hydrogen) atoms. The summed E-state index contributed by atoms with van der Waals surface area (Å²) < 4.78 is 28.2. The number of fused-ring (bicyclic) bond motifs is 2. The van der Waals surface area contributed by atoms with Gasteiger partial charge >= 0.3 is 0 Å². The van der Waals surface area contributed by atoms with Gasteiger partial charge in [-0.1, -0.05) is 36.4 Å². The number of benzene rings is 2. The molecule has 0 N–H and O–H groups in total. The van der Waals surface area contributed by atoms with Crippen molar-refractivity contribution in [3.8, 4) is 0 Å². The van der Waals surface area contributed by atoms with E-state index in [1.54, 1.807) is 22.5 Å². The van der Waals surface area contributed by atoms with Gasteiger partial charge in [-0.3, -0.25) is 4.79 Å². The SMILES string of the molecule is O=C1N=C(c2cccc(S(=O)(=O)N3CCc4ccccc4C3)c2)N2CCCC[C@H]12. The monoisotopic (exact) mass is 409 g/mol. The fourth-order valence-corrected chi connectivity index (χ4v) is 6.00. The summed E-state index contributed by atoms with van der Waals surface area (Å²) in [6.45, 7) is 1.64. The summed E-state index contributed by atoms with van der Waals surface area (Å²) >= 11 is 0. The third kappa shape index (κ3) is 3.18. The lowest BCUT2D eigenvalue weighted by molar-refractivity contribution is -0.120. The Bertz CT molecular complexity index is 1110. The van der Waals surface area contributed by atoms with Crippen molar-refractivity contribution in [2.45, 2.75) is 43.2 Å². The van der Waals surface area contributed by atoms with Gasteiger partial charge in [0.25, 0.3) is 5.91 Å². The molecular formula is C22H23N3O3S. The highest BCUT2D eigenvalue weighted by molar-refractivity contribution is 7.89. The Hall–Kier alpha value is -2.51. The summed E-state index contributed by atoms with van der Waals surface area (Å²) in [5, 5.41) is 0. The lowest BCUT2D eigenvalue weighted by Crippen LogP contribution is -2.42. The first-order valence-corrected chi connectivity index (χ1v) is 11.5. The van der Waals surface area contributed by atoms with Crippen LogP contribution in [0.3, 0.4) is 0 Å². The predicted octanol–water partition coefficient (Wildman–Crippen LogP) is 2.57. The van der Waals surface area contributed by atoms with Crippen molar-refractivity contribution >= 4 is 21.8 Å². The molecular weight excluding hydrogens is 386 g/mol. The maximum atomic E-state index is 13.3. The molecule has 0 aromatic heterocycles. The van der Waals surface area contributed by atoms with Gasteiger partial charge in [0.15, 0.2) is 0 Å². The summed E-state index contributed by atoms with van der Waals surface area (Å²) in [6.07, 6.45) is 3.58. The summed E-state index contributed by atoms with van der Waals surface area (Å²) in [5.74, 6) is 0.501. The lowest BCUT2D eigenvalue weighted by Gasteiger charge is -2.31. The van der Waals surface area contributed by atoms with Crippen LogP contribution in [-0.2, 0) is 27.8 Å². The number of carbonyl (C=O) groups is 1. The molecule has 0 spiro atoms. The normalized spacial score (nSPS) is 22.2. The van der Waals surface area contributed by atoms with Gasteiger partial charge < -0.3 is 4.90 Å². The number of amides is 1. The largest absolute Gasteiger partial charge is 0.344 e. The van der Waals surface area contributed by atoms with Crippen molar-refractivity contribution < 1.29 is 13.2 Å². The van der Waals surface area contributed by atoms with E-state index < -0.39 is 10.0 Å². The van der Waals surface area contributed by atoms with E-state index in [-0.39, 0.29) is 16.8 Å². The number of rotatable bonds is 3. The van der Waals surface area contributed by atoms with Crippen molar-refractivity contribution in [1.82, 2.24) is 9.21 Å². The van der Waals surface area contributed by atoms with Crippen molar-refractivity contribution in [3.05, 3.63) is 65.2 Å². The molecule has 0 aliphatic carbocycles. The average molecular weight is 410 g/mol. The Morgan fingerprint density at radius 2 is 1.79 bits per heavy atom. The Morgan fingerprint density at radius 3 is 2.66 bits per heavy atom. The van der Waals surface area contributed by atoms with Crippen LogP contribution in [0.5, 0.6) is 0 Å². The van der Waals surface area contributed by atoms with Gasteiger partial charge in [0.1, 0.15) is 11.9 Å². The number of hydrogen-bond acceptors (Lipinski definition) is 4. The van der Waals surface area contributed by atoms with Gasteiger partial charge in [-0.2, -0.15) is 9.30 Å². The van der Waals surface area contributed by atoms with E-state index in [1.807, 2.05) is 29.2 Å². The Kier molecular flexibility index (Phi) is 4.52. The molecule has 3 heterocycles. The molecule has 2 aromatic carbocycles. The molecule has 1 saturated heterocycles. The third-order valence-electron chi connectivity index (χ3n) is 6.10. The topological polar surface area (TPSA) is 70.0 Å². The molecule has 1 fully saturated rings. The molecule has 150 valence electrons. The van der Waals surface area contributed by atoms with Crippen LogP contribution in [0.1, 0.15) is 36.0 Å². The summed E-state index contributed by atoms with van der Waals surface area (Å²) in [4.78, 5) is 18.8. The van der Waals surface area contributed by atoms with Crippen LogP contribution < -0.4 is 0 Å². The summed E-state index contributed by atoms with van der Waals surface area (Å²) in [5.41, 5.74) is 2.96. The quantitative estimate of drug-likeness (QED) is 0.781. The fourth-order valence-electron chi connectivity index (χ4n) is 4.54. The van der Waals surface area contributed by atoms with Gasteiger partial charge in [0.05, 0.1) is 4.90 Å². The van der Waals surface area contributed by atoms with Crippen LogP contribution in [0.2, 0.25) is 0 Å². The number of aliphatic imine (C=N–C) groups is 1. The van der Waals surface area contributed by atoms with Crippen LogP contribution in [-0.4, -0.2) is 48.5 Å². The molecule has 1 atom stereocenters. The first-order valence-electron chi connectivity index (χ1n) is 10.1. The molecule has 6 nitrogen and oxygen atoms in total. The Morgan fingerprint density at radius 1 is 0.966 bits per heavy atom. The maximum absolute atomic E-state index is 13.3. The molecule has 0 bridgehead atoms. The highest BCUT2D eigenvalue weighted by Crippen LogP contribution is 2.29. The number of hydrogen-bond donors (Lipinski definition) is 0. The highest BCUT2D eigenvalue weighted by Gasteiger charge is 2.37. The first-order chi connectivity index (χ1) is 14.0. The van der Waals surface area contributed by atoms with E-state index in [4.69, 9.17) is 0 Å². The summed E-state index contributed by atoms with van der Waals surface area (Å²) in [6, 6.07) is 14.7. The summed E-state index contributed by atoms with van der Waals surface area (Å²) in [7, 11) is -3.62. The highest BCUT2D eigenvalue weighted by atomic mass is 32.2. The molecule has 2 aromatic rings. The van der Waals surface area contributed by atoms with Crippen LogP contribution >= 0.6 is 0 Å². The van der Waals surface area contributed by atoms with E-state index in [0.29, 0.717) is 30.9 Å². The van der Waals surface area contributed by atoms with Gasteiger partial charge in [0.2, 0.25) is 10.0 Å². The molecule has 3 aliphatic heterocycles. The zero-order valence-electron chi connectivity index (χ0n) is 16.1. The Balaban J connectivity index is 1.45. The molecule has 3 aliphatic rings. The number of sulfonamides is 1. The fraction of sp³-hybridized carbons (Fsp3) is 0.364. The predicted molar refractivity (Wildman–Crippen MR) is 110 cm³/mol. The number of amidine groups is 1. The minimum absolute atomic E-state index is 0.111. The zero-order chi connectivity index (χ0) is 20.0. The lowest BCUT2D eigenvalue weighted by atomic mass is 10.0. The smallest absolute Gasteiger partial charge is 0.270 e.